The summed E-state index contributed by atoms with van der Waals surface area (Å²) >= 11 is 10.9. The van der Waals surface area contributed by atoms with Crippen molar-refractivity contribution >= 4 is 40.4 Å². The van der Waals surface area contributed by atoms with Gasteiger partial charge in [-0.25, -0.2) is 0 Å². The lowest BCUT2D eigenvalue weighted by Crippen LogP contribution is -2.39. The molecule has 0 unspecified atom stereocenters. The van der Waals surface area contributed by atoms with Crippen molar-refractivity contribution in [2.24, 2.45) is 5.73 Å². The molecule has 3 N–H and O–H groups in total. The van der Waals surface area contributed by atoms with Gasteiger partial charge >= 0.3 is 0 Å². The van der Waals surface area contributed by atoms with Gasteiger partial charge in [-0.1, -0.05) is 36.0 Å². The molecule has 1 aromatic carbocycles. The summed E-state index contributed by atoms with van der Waals surface area (Å²) in [6.07, 6.45) is 0.604. The van der Waals surface area contributed by atoms with Gasteiger partial charge in [0.15, 0.2) is 0 Å². The molecule has 0 spiro atoms. The molecule has 20 heavy (non-hydrogen) atoms. The molecule has 1 amide bonds. The van der Waals surface area contributed by atoms with Gasteiger partial charge in [-0.05, 0) is 26.0 Å². The molecular weight excluding hydrogens is 294 g/mol. The summed E-state index contributed by atoms with van der Waals surface area (Å²) in [6.45, 7) is 5.01. The number of benzene rings is 1. The van der Waals surface area contributed by atoms with E-state index in [1.54, 1.807) is 12.1 Å². The molecule has 0 radical (unpaired) electrons. The van der Waals surface area contributed by atoms with E-state index in [2.05, 4.69) is 5.32 Å². The number of amides is 1. The van der Waals surface area contributed by atoms with Crippen LogP contribution in [0.1, 0.15) is 20.3 Å². The number of thiocarbonyl (C=S) groups is 1. The second-order valence-electron chi connectivity index (χ2n) is 4.81. The van der Waals surface area contributed by atoms with Crippen molar-refractivity contribution in [3.8, 4) is 0 Å². The Morgan fingerprint density at radius 3 is 2.65 bits per heavy atom. The lowest BCUT2D eigenvalue weighted by atomic mass is 10.2. The van der Waals surface area contributed by atoms with Gasteiger partial charge < -0.3 is 11.1 Å². The van der Waals surface area contributed by atoms with Crippen LogP contribution < -0.4 is 11.1 Å². The monoisotopic (exact) mass is 313 g/mol. The number of carbonyl (C=O) groups excluding carboxylic acids is 1. The van der Waals surface area contributed by atoms with Crippen molar-refractivity contribution < 1.29 is 4.79 Å². The molecule has 0 heterocycles. The summed E-state index contributed by atoms with van der Waals surface area (Å²) in [6, 6.07) is 7.40. The first-order valence-corrected chi connectivity index (χ1v) is 7.25. The second kappa shape index (κ2) is 8.19. The minimum Gasteiger partial charge on any atom is -0.393 e. The van der Waals surface area contributed by atoms with Crippen molar-refractivity contribution in [3.05, 3.63) is 29.3 Å². The van der Waals surface area contributed by atoms with Crippen LogP contribution in [0, 0.1) is 0 Å². The molecule has 0 bridgehead atoms. The van der Waals surface area contributed by atoms with E-state index in [0.717, 1.165) is 0 Å². The molecule has 4 nitrogen and oxygen atoms in total. The fraction of sp³-hybridized carbons (Fsp3) is 0.429. The zero-order valence-electron chi connectivity index (χ0n) is 11.7. The van der Waals surface area contributed by atoms with Gasteiger partial charge in [-0.3, -0.25) is 9.69 Å². The van der Waals surface area contributed by atoms with Crippen molar-refractivity contribution in [1.29, 1.82) is 0 Å². The number of hydrogen-bond acceptors (Lipinski definition) is 3. The Kier molecular flexibility index (Phi) is 6.91. The van der Waals surface area contributed by atoms with Gasteiger partial charge in [0.05, 0.1) is 22.2 Å². The Balaban J connectivity index is 2.58. The van der Waals surface area contributed by atoms with Crippen molar-refractivity contribution in [2.45, 2.75) is 26.3 Å². The third-order valence-corrected chi connectivity index (χ3v) is 3.40. The van der Waals surface area contributed by atoms with Gasteiger partial charge in [-0.15, -0.1) is 0 Å². The largest absolute Gasteiger partial charge is 0.393 e. The molecule has 1 aromatic rings. The third kappa shape index (κ3) is 5.86. The minimum atomic E-state index is -0.102. The Hall–Kier alpha value is -1.17. The number of halogens is 1. The van der Waals surface area contributed by atoms with Crippen molar-refractivity contribution in [3.63, 3.8) is 0 Å². The van der Waals surface area contributed by atoms with Crippen LogP contribution in [0.3, 0.4) is 0 Å². The number of para-hydroxylation sites is 1. The molecule has 0 aromatic heterocycles. The Morgan fingerprint density at radius 1 is 1.45 bits per heavy atom. The quantitative estimate of drug-likeness (QED) is 0.760. The molecule has 6 heteroatoms. The number of nitrogens with two attached hydrogens (primary N) is 1. The molecule has 1 rings (SSSR count). The SMILES string of the molecule is CC(C)N(CCC(N)=S)CC(=O)Nc1ccccc1Cl. The molecule has 0 aliphatic rings. The fourth-order valence-corrected chi connectivity index (χ4v) is 1.98. The van der Waals surface area contributed by atoms with Gasteiger partial charge in [0.1, 0.15) is 0 Å². The van der Waals surface area contributed by atoms with Crippen LogP contribution in [0.2, 0.25) is 5.02 Å². The Labute approximate surface area is 130 Å². The molecule has 0 saturated carbocycles. The van der Waals surface area contributed by atoms with Crippen LogP contribution >= 0.6 is 23.8 Å². The topological polar surface area (TPSA) is 58.4 Å². The zero-order chi connectivity index (χ0) is 15.1. The normalized spacial score (nSPS) is 10.8. The number of nitrogens with one attached hydrogen (secondary N) is 1. The Morgan fingerprint density at radius 2 is 2.10 bits per heavy atom. The summed E-state index contributed by atoms with van der Waals surface area (Å²) in [5.41, 5.74) is 6.12. The van der Waals surface area contributed by atoms with Crippen LogP contribution in [-0.2, 0) is 4.79 Å². The van der Waals surface area contributed by atoms with Crippen LogP contribution in [0.4, 0.5) is 5.69 Å². The minimum absolute atomic E-state index is 0.102. The number of anilines is 1. The van der Waals surface area contributed by atoms with E-state index in [4.69, 9.17) is 29.6 Å². The number of hydrogen-bond donors (Lipinski definition) is 2. The maximum atomic E-state index is 12.0. The number of carbonyl (C=O) groups is 1. The first-order chi connectivity index (χ1) is 9.40. The van der Waals surface area contributed by atoms with Crippen LogP contribution in [0.15, 0.2) is 24.3 Å². The van der Waals surface area contributed by atoms with E-state index in [9.17, 15) is 4.79 Å². The van der Waals surface area contributed by atoms with E-state index < -0.39 is 0 Å². The van der Waals surface area contributed by atoms with Gasteiger partial charge in [0, 0.05) is 19.0 Å². The summed E-state index contributed by atoms with van der Waals surface area (Å²) in [7, 11) is 0. The molecule has 0 aliphatic carbocycles. The molecule has 0 aliphatic heterocycles. The predicted molar refractivity (Wildman–Crippen MR) is 88.2 cm³/mol. The lowest BCUT2D eigenvalue weighted by Gasteiger charge is -2.25. The third-order valence-electron chi connectivity index (χ3n) is 2.87. The smallest absolute Gasteiger partial charge is 0.238 e. The van der Waals surface area contributed by atoms with E-state index in [-0.39, 0.29) is 18.5 Å². The highest BCUT2D eigenvalue weighted by Gasteiger charge is 2.14. The zero-order valence-corrected chi connectivity index (χ0v) is 13.3. The maximum absolute atomic E-state index is 12.0. The highest BCUT2D eigenvalue weighted by Crippen LogP contribution is 2.20. The maximum Gasteiger partial charge on any atom is 0.238 e. The number of rotatable bonds is 7. The van der Waals surface area contributed by atoms with Gasteiger partial charge in [-0.2, -0.15) is 0 Å². The van der Waals surface area contributed by atoms with Crippen LogP contribution in [0.5, 0.6) is 0 Å². The molecule has 0 atom stereocenters. The predicted octanol–water partition coefficient (Wildman–Crippen LogP) is 2.67. The van der Waals surface area contributed by atoms with Gasteiger partial charge in [0.25, 0.3) is 0 Å². The first kappa shape index (κ1) is 16.9. The van der Waals surface area contributed by atoms with E-state index >= 15 is 0 Å². The van der Waals surface area contributed by atoms with Crippen LogP contribution in [-0.4, -0.2) is 34.9 Å². The van der Waals surface area contributed by atoms with Gasteiger partial charge in [0.2, 0.25) is 5.91 Å². The van der Waals surface area contributed by atoms with Crippen molar-refractivity contribution in [1.82, 2.24) is 4.90 Å². The standard InChI is InChI=1S/C14H20ClN3OS/c1-10(2)18(8-7-13(16)20)9-14(19)17-12-6-4-3-5-11(12)15/h3-6,10H,7-9H2,1-2H3,(H2,16,20)(H,17,19). The first-order valence-electron chi connectivity index (χ1n) is 6.47. The highest BCUT2D eigenvalue weighted by atomic mass is 35.5. The summed E-state index contributed by atoms with van der Waals surface area (Å²) in [5.74, 6) is -0.102. The average molecular weight is 314 g/mol. The molecule has 0 saturated heterocycles. The lowest BCUT2D eigenvalue weighted by molar-refractivity contribution is -0.117. The molecule has 0 fully saturated rings. The fourth-order valence-electron chi connectivity index (χ4n) is 1.71. The average Bonchev–Trinajstić information content (AvgIpc) is 2.36. The van der Waals surface area contributed by atoms with E-state index in [1.807, 2.05) is 30.9 Å². The second-order valence-corrected chi connectivity index (χ2v) is 5.74. The number of nitrogens with zero attached hydrogens (tertiary/aromatic N) is 1. The van der Waals surface area contributed by atoms with Crippen LogP contribution in [0.25, 0.3) is 0 Å². The molecular formula is C14H20ClN3OS. The highest BCUT2D eigenvalue weighted by molar-refractivity contribution is 7.80. The summed E-state index contributed by atoms with van der Waals surface area (Å²) in [5, 5.41) is 3.33. The van der Waals surface area contributed by atoms with Crippen molar-refractivity contribution in [2.75, 3.05) is 18.4 Å². The molecule has 110 valence electrons. The Bertz CT molecular complexity index is 479. The van der Waals surface area contributed by atoms with E-state index in [0.29, 0.717) is 28.7 Å². The summed E-state index contributed by atoms with van der Waals surface area (Å²) in [4.78, 5) is 14.5. The van der Waals surface area contributed by atoms with E-state index in [1.165, 1.54) is 0 Å². The summed E-state index contributed by atoms with van der Waals surface area (Å²) < 4.78 is 0.